The van der Waals surface area contributed by atoms with Gasteiger partial charge in [-0.05, 0) is 24.9 Å². The fraction of sp³-hybridized carbons (Fsp3) is 0.708. The van der Waals surface area contributed by atoms with Gasteiger partial charge in [0.05, 0.1) is 11.9 Å². The minimum Gasteiger partial charge on any atom is -0.361 e. The lowest BCUT2D eigenvalue weighted by Gasteiger charge is -2.28. The minimum atomic E-state index is -1.16. The number of Topliss-reactive ketones (excluding diaryl/α,β-unsaturated/α-hetero) is 1. The van der Waals surface area contributed by atoms with E-state index in [0.717, 1.165) is 55.3 Å². The number of nitrogens with zero attached hydrogens (tertiary/aromatic N) is 4. The SMILES string of the molecule is C[Si](C)(C)CCOCN(COCC[Si](C)(C)C)c1cc(C2CCCC(=O)C2)nc2ccnn12. The highest BCUT2D eigenvalue weighted by Gasteiger charge is 2.25. The lowest BCUT2D eigenvalue weighted by molar-refractivity contribution is -0.120. The quantitative estimate of drug-likeness (QED) is 0.226. The summed E-state index contributed by atoms with van der Waals surface area (Å²) in [5, 5.41) is 4.52. The zero-order valence-electron chi connectivity index (χ0n) is 21.4. The Morgan fingerprint density at radius 3 is 2.27 bits per heavy atom. The summed E-state index contributed by atoms with van der Waals surface area (Å²) in [5.41, 5.74) is 1.77. The Labute approximate surface area is 200 Å². The average molecular weight is 491 g/mol. The van der Waals surface area contributed by atoms with Crippen molar-refractivity contribution in [2.24, 2.45) is 0 Å². The van der Waals surface area contributed by atoms with Crippen LogP contribution in [-0.2, 0) is 14.3 Å². The van der Waals surface area contributed by atoms with E-state index in [1.54, 1.807) is 6.20 Å². The third kappa shape index (κ3) is 8.31. The van der Waals surface area contributed by atoms with Crippen LogP contribution in [0.5, 0.6) is 0 Å². The normalized spacial score (nSPS) is 17.6. The molecule has 2 heterocycles. The summed E-state index contributed by atoms with van der Waals surface area (Å²) in [6.07, 6.45) is 4.99. The van der Waals surface area contributed by atoms with Crippen LogP contribution in [0.1, 0.15) is 37.3 Å². The van der Waals surface area contributed by atoms with Crippen molar-refractivity contribution in [3.8, 4) is 0 Å². The maximum atomic E-state index is 12.1. The minimum absolute atomic E-state index is 0.173. The smallest absolute Gasteiger partial charge is 0.157 e. The van der Waals surface area contributed by atoms with E-state index in [2.05, 4.69) is 55.3 Å². The van der Waals surface area contributed by atoms with Crippen LogP contribution in [0.3, 0.4) is 0 Å². The Kier molecular flexibility index (Phi) is 8.88. The first-order valence-corrected chi connectivity index (χ1v) is 19.7. The maximum absolute atomic E-state index is 12.1. The van der Waals surface area contributed by atoms with Crippen molar-refractivity contribution in [2.75, 3.05) is 31.6 Å². The Balaban J connectivity index is 1.81. The van der Waals surface area contributed by atoms with E-state index in [1.165, 1.54) is 0 Å². The van der Waals surface area contributed by atoms with Crippen LogP contribution in [0, 0.1) is 0 Å². The van der Waals surface area contributed by atoms with Crippen molar-refractivity contribution in [3.63, 3.8) is 0 Å². The number of carbonyl (C=O) groups excluding carboxylic acids is 1. The highest BCUT2D eigenvalue weighted by atomic mass is 28.3. The second-order valence-electron chi connectivity index (χ2n) is 11.7. The van der Waals surface area contributed by atoms with Gasteiger partial charge < -0.3 is 14.4 Å². The molecule has 2 aromatic rings. The molecule has 0 radical (unpaired) electrons. The predicted octanol–water partition coefficient (Wildman–Crippen LogP) is 5.39. The van der Waals surface area contributed by atoms with Gasteiger partial charge in [-0.25, -0.2) is 4.98 Å². The molecule has 1 unspecified atom stereocenters. The first-order chi connectivity index (χ1) is 15.5. The van der Waals surface area contributed by atoms with E-state index in [4.69, 9.17) is 14.5 Å². The highest BCUT2D eigenvalue weighted by Crippen LogP contribution is 2.32. The first kappa shape index (κ1) is 26.1. The van der Waals surface area contributed by atoms with Gasteiger partial charge in [0.25, 0.3) is 0 Å². The molecule has 33 heavy (non-hydrogen) atoms. The molecular weight excluding hydrogens is 448 g/mol. The molecule has 1 aliphatic carbocycles. The predicted molar refractivity (Wildman–Crippen MR) is 140 cm³/mol. The summed E-state index contributed by atoms with van der Waals surface area (Å²) < 4.78 is 14.1. The third-order valence-electron chi connectivity index (χ3n) is 6.07. The van der Waals surface area contributed by atoms with Gasteiger partial charge in [-0.2, -0.15) is 9.61 Å². The van der Waals surface area contributed by atoms with Gasteiger partial charge >= 0.3 is 0 Å². The molecule has 184 valence electrons. The number of carbonyl (C=O) groups is 1. The largest absolute Gasteiger partial charge is 0.361 e. The molecule has 0 spiro atoms. The molecule has 0 aliphatic heterocycles. The number of rotatable bonds is 12. The monoisotopic (exact) mass is 490 g/mol. The molecule has 1 saturated carbocycles. The van der Waals surface area contributed by atoms with Crippen molar-refractivity contribution < 1.29 is 14.3 Å². The number of ketones is 1. The van der Waals surface area contributed by atoms with Gasteiger partial charge in [-0.15, -0.1) is 0 Å². The van der Waals surface area contributed by atoms with Crippen LogP contribution in [0.2, 0.25) is 51.4 Å². The summed E-state index contributed by atoms with van der Waals surface area (Å²) in [7, 11) is -2.32. The Hall–Kier alpha value is -1.56. The van der Waals surface area contributed by atoms with Crippen molar-refractivity contribution in [1.82, 2.24) is 14.6 Å². The Morgan fingerprint density at radius 2 is 1.70 bits per heavy atom. The third-order valence-corrected chi connectivity index (χ3v) is 9.48. The van der Waals surface area contributed by atoms with Crippen LogP contribution in [0.25, 0.3) is 5.65 Å². The molecule has 7 nitrogen and oxygen atoms in total. The van der Waals surface area contributed by atoms with Gasteiger partial charge in [0, 0.05) is 60.3 Å². The molecule has 0 saturated heterocycles. The molecule has 3 rings (SSSR count). The number of hydrogen-bond acceptors (Lipinski definition) is 6. The molecule has 1 fully saturated rings. The maximum Gasteiger partial charge on any atom is 0.157 e. The molecule has 0 amide bonds. The van der Waals surface area contributed by atoms with Crippen LogP contribution in [0.15, 0.2) is 18.3 Å². The summed E-state index contributed by atoms with van der Waals surface area (Å²) in [4.78, 5) is 19.1. The number of ether oxygens (including phenoxy) is 2. The number of fused-ring (bicyclic) bond motifs is 1. The second kappa shape index (κ2) is 11.2. The molecular formula is C24H42N4O3Si2. The van der Waals surface area contributed by atoms with Crippen molar-refractivity contribution in [3.05, 3.63) is 24.0 Å². The van der Waals surface area contributed by atoms with Crippen LogP contribution in [-0.4, -0.2) is 63.2 Å². The van der Waals surface area contributed by atoms with E-state index in [1.807, 2.05) is 10.6 Å². The van der Waals surface area contributed by atoms with E-state index in [9.17, 15) is 4.79 Å². The van der Waals surface area contributed by atoms with Crippen LogP contribution in [0.4, 0.5) is 5.82 Å². The summed E-state index contributed by atoms with van der Waals surface area (Å²) >= 11 is 0. The number of hydrogen-bond donors (Lipinski definition) is 0. The molecule has 0 aromatic carbocycles. The second-order valence-corrected chi connectivity index (χ2v) is 23.0. The Morgan fingerprint density at radius 1 is 1.06 bits per heavy atom. The molecule has 1 atom stereocenters. The first-order valence-electron chi connectivity index (χ1n) is 12.3. The van der Waals surface area contributed by atoms with Gasteiger partial charge in [0.1, 0.15) is 25.1 Å². The topological polar surface area (TPSA) is 69.0 Å². The molecule has 1 aliphatic rings. The molecule has 0 N–H and O–H groups in total. The van der Waals surface area contributed by atoms with Gasteiger partial charge in [0.2, 0.25) is 0 Å². The zero-order valence-corrected chi connectivity index (χ0v) is 23.4. The fourth-order valence-electron chi connectivity index (χ4n) is 3.90. The van der Waals surface area contributed by atoms with Crippen LogP contribution >= 0.6 is 0 Å². The summed E-state index contributed by atoms with van der Waals surface area (Å²) in [6.45, 7) is 16.6. The number of aromatic nitrogens is 3. The average Bonchev–Trinajstić information content (AvgIpc) is 3.19. The van der Waals surface area contributed by atoms with E-state index in [-0.39, 0.29) is 5.92 Å². The highest BCUT2D eigenvalue weighted by molar-refractivity contribution is 6.76. The lowest BCUT2D eigenvalue weighted by atomic mass is 9.86. The van der Waals surface area contributed by atoms with E-state index < -0.39 is 16.1 Å². The van der Waals surface area contributed by atoms with Crippen LogP contribution < -0.4 is 4.90 Å². The molecule has 9 heteroatoms. The van der Waals surface area contributed by atoms with Crippen molar-refractivity contribution >= 4 is 33.4 Å². The summed E-state index contributed by atoms with van der Waals surface area (Å²) in [6, 6.07) is 6.27. The molecule has 0 bridgehead atoms. The van der Waals surface area contributed by atoms with E-state index in [0.29, 0.717) is 32.1 Å². The Bertz CT molecular complexity index is 899. The zero-order chi connectivity index (χ0) is 24.1. The van der Waals surface area contributed by atoms with Crippen molar-refractivity contribution in [1.29, 1.82) is 0 Å². The van der Waals surface area contributed by atoms with Gasteiger partial charge in [-0.1, -0.05) is 39.3 Å². The van der Waals surface area contributed by atoms with Gasteiger partial charge in [-0.3, -0.25) is 4.79 Å². The fourth-order valence-corrected chi connectivity index (χ4v) is 5.42. The standard InChI is InChI=1S/C24H42N4O3Si2/c1-32(2,3)14-12-30-18-27(19-31-13-15-33(4,5)6)24-17-22(20-8-7-9-21(29)16-20)26-23-10-11-25-28(23)24/h10-11,17,20H,7-9,12-16,18-19H2,1-6H3. The van der Waals surface area contributed by atoms with Gasteiger partial charge in [0.15, 0.2) is 5.65 Å². The lowest BCUT2D eigenvalue weighted by Crippen LogP contribution is -2.33. The summed E-state index contributed by atoms with van der Waals surface area (Å²) in [5.74, 6) is 1.43. The molecule has 2 aromatic heterocycles. The number of anilines is 1. The van der Waals surface area contributed by atoms with Crippen molar-refractivity contribution in [2.45, 2.75) is 83.0 Å². The van der Waals surface area contributed by atoms with E-state index >= 15 is 0 Å².